The van der Waals surface area contributed by atoms with Gasteiger partial charge in [0.25, 0.3) is 0 Å². The fourth-order valence-electron chi connectivity index (χ4n) is 5.26. The van der Waals surface area contributed by atoms with Crippen molar-refractivity contribution in [3.63, 3.8) is 0 Å². The maximum absolute atomic E-state index is 12.5. The topological polar surface area (TPSA) is 117 Å². The molecule has 4 rings (SSSR count). The number of carbonyl (C=O) groups is 1. The van der Waals surface area contributed by atoms with Crippen LogP contribution in [0.4, 0.5) is 5.69 Å². The van der Waals surface area contributed by atoms with E-state index in [-0.39, 0.29) is 12.8 Å². The number of anilines is 1. The van der Waals surface area contributed by atoms with Crippen molar-refractivity contribution in [3.8, 4) is 0 Å². The molecule has 4 N–H and O–H groups in total. The van der Waals surface area contributed by atoms with E-state index in [2.05, 4.69) is 29.0 Å². The lowest BCUT2D eigenvalue weighted by molar-refractivity contribution is -0.197. The van der Waals surface area contributed by atoms with Gasteiger partial charge in [0.1, 0.15) is 23.9 Å². The number of esters is 1. The summed E-state index contributed by atoms with van der Waals surface area (Å²) in [7, 11) is 3.41. The Morgan fingerprint density at radius 3 is 2.39 bits per heavy atom. The third kappa shape index (κ3) is 4.06. The average Bonchev–Trinajstić information content (AvgIpc) is 3.06. The molecule has 0 bridgehead atoms. The van der Waals surface area contributed by atoms with Crippen molar-refractivity contribution in [2.24, 2.45) is 0 Å². The predicted molar refractivity (Wildman–Crippen MR) is 113 cm³/mol. The maximum Gasteiger partial charge on any atom is 0.323 e. The minimum atomic E-state index is -1.70. The first-order chi connectivity index (χ1) is 14.7. The van der Waals surface area contributed by atoms with Gasteiger partial charge in [0.2, 0.25) is 0 Å². The second kappa shape index (κ2) is 8.65. The van der Waals surface area contributed by atoms with E-state index in [1.54, 1.807) is 4.90 Å². The molecule has 1 aromatic carbocycles. The van der Waals surface area contributed by atoms with Crippen molar-refractivity contribution in [2.75, 3.05) is 45.2 Å². The van der Waals surface area contributed by atoms with Gasteiger partial charge in [0.15, 0.2) is 0 Å². The Labute approximate surface area is 182 Å². The lowest BCUT2D eigenvalue weighted by Crippen LogP contribution is -2.64. The Kier molecular flexibility index (Phi) is 6.26. The number of piperazine rings is 1. The number of ether oxygens (including phenoxy) is 1. The highest BCUT2D eigenvalue weighted by molar-refractivity contribution is 5.76. The number of nitrogens with zero attached hydrogens (tertiary/aromatic N) is 3. The molecule has 2 saturated heterocycles. The van der Waals surface area contributed by atoms with E-state index in [0.29, 0.717) is 6.54 Å². The van der Waals surface area contributed by atoms with E-state index in [0.717, 1.165) is 37.4 Å². The van der Waals surface area contributed by atoms with E-state index >= 15 is 0 Å². The highest BCUT2D eigenvalue weighted by atomic mass is 16.5. The molecule has 0 amide bonds. The third-order valence-electron chi connectivity index (χ3n) is 7.24. The number of hydrogen-bond donors (Lipinski definition) is 4. The molecule has 1 aromatic rings. The number of likely N-dealkylation sites (N-methyl/N-ethyl adjacent to an activating group) is 1. The summed E-state index contributed by atoms with van der Waals surface area (Å²) in [4.78, 5) is 18.9. The van der Waals surface area contributed by atoms with E-state index in [4.69, 9.17) is 4.74 Å². The van der Waals surface area contributed by atoms with E-state index < -0.39 is 42.0 Å². The standard InChI is InChI=1S/C22H33N3O6/c1-23-7-9-24(10-8-23)15-5-3-14(4-6-15)13-25-16(21(29)31-2)12-22(30)18(25)11-17(26)19(27)20(22)28/h3-6,16-20,26-28,30H,7-13H2,1-2H3/t16-,17+,18+,19+,20+,22-/m0/s1. The van der Waals surface area contributed by atoms with Gasteiger partial charge in [-0.3, -0.25) is 9.69 Å². The second-order valence-electron chi connectivity index (χ2n) is 9.12. The molecule has 9 heteroatoms. The fourth-order valence-corrected chi connectivity index (χ4v) is 5.26. The molecule has 0 spiro atoms. The van der Waals surface area contributed by atoms with Gasteiger partial charge in [0, 0.05) is 50.9 Å². The van der Waals surface area contributed by atoms with Crippen LogP contribution in [0.5, 0.6) is 0 Å². The van der Waals surface area contributed by atoms with Crippen molar-refractivity contribution >= 4 is 11.7 Å². The summed E-state index contributed by atoms with van der Waals surface area (Å²) >= 11 is 0. The number of hydrogen-bond acceptors (Lipinski definition) is 9. The normalized spacial score (nSPS) is 37.0. The smallest absolute Gasteiger partial charge is 0.323 e. The maximum atomic E-state index is 12.5. The number of benzene rings is 1. The zero-order valence-electron chi connectivity index (χ0n) is 18.1. The van der Waals surface area contributed by atoms with Crippen molar-refractivity contribution in [1.29, 1.82) is 0 Å². The molecule has 6 atom stereocenters. The monoisotopic (exact) mass is 435 g/mol. The van der Waals surface area contributed by atoms with Gasteiger partial charge in [-0.15, -0.1) is 0 Å². The zero-order chi connectivity index (χ0) is 22.3. The number of likely N-dealkylation sites (tertiary alicyclic amines) is 1. The lowest BCUT2D eigenvalue weighted by Gasteiger charge is -2.45. The quantitative estimate of drug-likeness (QED) is 0.432. The fraction of sp³-hybridized carbons (Fsp3) is 0.682. The van der Waals surface area contributed by atoms with Crippen molar-refractivity contribution < 1.29 is 30.0 Å². The molecule has 2 aliphatic heterocycles. The van der Waals surface area contributed by atoms with Crippen LogP contribution in [0.15, 0.2) is 24.3 Å². The number of methoxy groups -OCH3 is 1. The van der Waals surface area contributed by atoms with Crippen LogP contribution in [0, 0.1) is 0 Å². The first kappa shape index (κ1) is 22.4. The van der Waals surface area contributed by atoms with Crippen LogP contribution in [-0.4, -0.2) is 113 Å². The Balaban J connectivity index is 1.54. The van der Waals surface area contributed by atoms with Crippen LogP contribution in [0.3, 0.4) is 0 Å². The first-order valence-corrected chi connectivity index (χ1v) is 10.9. The van der Waals surface area contributed by atoms with Gasteiger partial charge >= 0.3 is 5.97 Å². The van der Waals surface area contributed by atoms with Crippen molar-refractivity contribution in [2.45, 2.75) is 55.4 Å². The van der Waals surface area contributed by atoms with Crippen molar-refractivity contribution in [3.05, 3.63) is 29.8 Å². The molecule has 1 saturated carbocycles. The van der Waals surface area contributed by atoms with Crippen LogP contribution in [-0.2, 0) is 16.1 Å². The summed E-state index contributed by atoms with van der Waals surface area (Å²) in [6, 6.07) is 6.68. The van der Waals surface area contributed by atoms with Crippen LogP contribution in [0.1, 0.15) is 18.4 Å². The minimum absolute atomic E-state index is 0.0571. The molecule has 3 fully saturated rings. The Morgan fingerprint density at radius 1 is 1.13 bits per heavy atom. The Bertz CT molecular complexity index is 784. The number of rotatable bonds is 4. The molecule has 0 radical (unpaired) electrons. The molecular formula is C22H33N3O6. The summed E-state index contributed by atoms with van der Waals surface area (Å²) in [5, 5.41) is 42.0. The zero-order valence-corrected chi connectivity index (χ0v) is 18.1. The van der Waals surface area contributed by atoms with Gasteiger partial charge < -0.3 is 35.0 Å². The second-order valence-corrected chi connectivity index (χ2v) is 9.12. The van der Waals surface area contributed by atoms with Crippen LogP contribution in [0.2, 0.25) is 0 Å². The summed E-state index contributed by atoms with van der Waals surface area (Å²) in [6.07, 6.45) is -4.19. The lowest BCUT2D eigenvalue weighted by atomic mass is 9.75. The molecule has 0 unspecified atom stereocenters. The predicted octanol–water partition coefficient (Wildman–Crippen LogP) is -1.23. The van der Waals surface area contributed by atoms with Gasteiger partial charge in [-0.2, -0.15) is 0 Å². The number of carbonyl (C=O) groups excluding carboxylic acids is 1. The molecule has 31 heavy (non-hydrogen) atoms. The highest BCUT2D eigenvalue weighted by Gasteiger charge is 2.62. The van der Waals surface area contributed by atoms with Crippen LogP contribution >= 0.6 is 0 Å². The number of aliphatic hydroxyl groups excluding tert-OH is 3. The number of aliphatic hydroxyl groups is 4. The Morgan fingerprint density at radius 2 is 1.77 bits per heavy atom. The van der Waals surface area contributed by atoms with E-state index in [1.165, 1.54) is 7.11 Å². The molecule has 1 aliphatic carbocycles. The van der Waals surface area contributed by atoms with Gasteiger partial charge in [0.05, 0.1) is 13.2 Å². The summed E-state index contributed by atoms with van der Waals surface area (Å²) < 4.78 is 4.94. The van der Waals surface area contributed by atoms with Crippen molar-refractivity contribution in [1.82, 2.24) is 9.80 Å². The molecule has 9 nitrogen and oxygen atoms in total. The van der Waals surface area contributed by atoms with E-state index in [1.807, 2.05) is 12.1 Å². The molecule has 3 aliphatic rings. The van der Waals surface area contributed by atoms with Gasteiger partial charge in [-0.05, 0) is 31.2 Å². The molecule has 2 heterocycles. The van der Waals surface area contributed by atoms with Crippen LogP contribution in [0.25, 0.3) is 0 Å². The van der Waals surface area contributed by atoms with Crippen LogP contribution < -0.4 is 4.90 Å². The molecule has 0 aromatic heterocycles. The van der Waals surface area contributed by atoms with E-state index in [9.17, 15) is 25.2 Å². The third-order valence-corrected chi connectivity index (χ3v) is 7.24. The molecular weight excluding hydrogens is 402 g/mol. The Hall–Kier alpha value is -1.75. The summed E-state index contributed by atoms with van der Waals surface area (Å²) in [6.45, 7) is 4.34. The molecule has 172 valence electrons. The first-order valence-electron chi connectivity index (χ1n) is 10.9. The van der Waals surface area contributed by atoms with Gasteiger partial charge in [-0.25, -0.2) is 0 Å². The highest BCUT2D eigenvalue weighted by Crippen LogP contribution is 2.44. The number of fused-ring (bicyclic) bond motifs is 1. The largest absolute Gasteiger partial charge is 0.468 e. The minimum Gasteiger partial charge on any atom is -0.468 e. The average molecular weight is 436 g/mol. The SMILES string of the molecule is COC(=O)[C@@H]1C[C@@]2(O)[C@H](O)[C@H](O)[C@H](O)C[C@H]2N1Cc1ccc(N2CCN(C)CC2)cc1. The summed E-state index contributed by atoms with van der Waals surface area (Å²) in [5.41, 5.74) is 0.397. The summed E-state index contributed by atoms with van der Waals surface area (Å²) in [5.74, 6) is -0.506. The van der Waals surface area contributed by atoms with Gasteiger partial charge in [-0.1, -0.05) is 12.1 Å².